The van der Waals surface area contributed by atoms with Crippen LogP contribution < -0.4 is 5.32 Å². The molecule has 1 N–H and O–H groups in total. The maximum Gasteiger partial charge on any atom is 0.225 e. The van der Waals surface area contributed by atoms with Gasteiger partial charge in [0.05, 0.1) is 5.56 Å². The van der Waals surface area contributed by atoms with Gasteiger partial charge in [0.2, 0.25) is 5.91 Å². The summed E-state index contributed by atoms with van der Waals surface area (Å²) in [6, 6.07) is 10.9. The fourth-order valence-corrected chi connectivity index (χ4v) is 5.34. The Labute approximate surface area is 179 Å². The molecule has 0 radical (unpaired) electrons. The molecule has 1 aliphatic rings. The zero-order valence-corrected chi connectivity index (χ0v) is 19.1. The van der Waals surface area contributed by atoms with Crippen LogP contribution in [0.5, 0.6) is 0 Å². The summed E-state index contributed by atoms with van der Waals surface area (Å²) in [7, 11) is 0. The first-order valence-electron chi connectivity index (χ1n) is 10.6. The number of carbonyl (C=O) groups is 1. The van der Waals surface area contributed by atoms with Gasteiger partial charge < -0.3 is 5.32 Å². The molecule has 1 aliphatic carbocycles. The Morgan fingerprint density at radius 3 is 2.55 bits per heavy atom. The third kappa shape index (κ3) is 5.08. The summed E-state index contributed by atoms with van der Waals surface area (Å²) in [5.74, 6) is 1.12. The van der Waals surface area contributed by atoms with Crippen LogP contribution in [0.25, 0.3) is 0 Å². The number of nitrogens with zero attached hydrogens (tertiary/aromatic N) is 1. The van der Waals surface area contributed by atoms with E-state index in [2.05, 4.69) is 70.3 Å². The molecule has 0 unspecified atom stereocenters. The number of thiophene rings is 1. The third-order valence-electron chi connectivity index (χ3n) is 6.14. The molecule has 0 saturated heterocycles. The van der Waals surface area contributed by atoms with E-state index in [1.807, 2.05) is 0 Å². The molecule has 3 rings (SSSR count). The van der Waals surface area contributed by atoms with E-state index >= 15 is 0 Å². The minimum absolute atomic E-state index is 0.0135. The summed E-state index contributed by atoms with van der Waals surface area (Å²) in [5, 5.41) is 13.5. The fourth-order valence-electron chi connectivity index (χ4n) is 4.05. The summed E-state index contributed by atoms with van der Waals surface area (Å²) in [5.41, 5.74) is 4.60. The van der Waals surface area contributed by atoms with Crippen LogP contribution in [-0.2, 0) is 24.1 Å². The first-order chi connectivity index (χ1) is 13.7. The van der Waals surface area contributed by atoms with Gasteiger partial charge in [0, 0.05) is 11.3 Å². The van der Waals surface area contributed by atoms with Crippen molar-refractivity contribution < 1.29 is 4.79 Å². The Bertz CT molecular complexity index is 910. The Kier molecular flexibility index (Phi) is 6.49. The first-order valence-corrected chi connectivity index (χ1v) is 11.4. The van der Waals surface area contributed by atoms with E-state index in [-0.39, 0.29) is 11.3 Å². The molecular weight excluding hydrogens is 376 g/mol. The molecule has 29 heavy (non-hydrogen) atoms. The second-order valence-corrected chi connectivity index (χ2v) is 10.7. The minimum Gasteiger partial charge on any atom is -0.317 e. The van der Waals surface area contributed by atoms with Crippen molar-refractivity contribution in [3.8, 4) is 6.07 Å². The number of hydrogen-bond acceptors (Lipinski definition) is 3. The van der Waals surface area contributed by atoms with E-state index in [0.29, 0.717) is 30.2 Å². The molecule has 1 aromatic carbocycles. The number of hydrogen-bond donors (Lipinski definition) is 1. The summed E-state index contributed by atoms with van der Waals surface area (Å²) in [6.45, 7) is 11.2. The van der Waals surface area contributed by atoms with Crippen LogP contribution in [0, 0.1) is 22.7 Å². The number of amides is 1. The average molecular weight is 409 g/mol. The van der Waals surface area contributed by atoms with Gasteiger partial charge in [-0.1, -0.05) is 58.9 Å². The molecule has 1 amide bonds. The van der Waals surface area contributed by atoms with Crippen LogP contribution in [0.1, 0.15) is 80.5 Å². The van der Waals surface area contributed by atoms with Crippen LogP contribution in [0.4, 0.5) is 5.00 Å². The van der Waals surface area contributed by atoms with Gasteiger partial charge in [0.1, 0.15) is 11.1 Å². The molecule has 3 nitrogen and oxygen atoms in total. The maximum atomic E-state index is 12.6. The normalized spacial score (nSPS) is 16.4. The van der Waals surface area contributed by atoms with Crippen molar-refractivity contribution in [3.05, 3.63) is 51.4 Å². The van der Waals surface area contributed by atoms with Gasteiger partial charge in [0.15, 0.2) is 0 Å². The van der Waals surface area contributed by atoms with E-state index in [4.69, 9.17) is 0 Å². The molecule has 154 valence electrons. The summed E-state index contributed by atoms with van der Waals surface area (Å²) in [6.07, 6.45) is 4.20. The van der Waals surface area contributed by atoms with Crippen LogP contribution in [0.3, 0.4) is 0 Å². The molecular formula is C25H32N2OS. The molecule has 0 aliphatic heterocycles. The number of benzene rings is 1. The third-order valence-corrected chi connectivity index (χ3v) is 7.31. The molecule has 4 heteroatoms. The summed E-state index contributed by atoms with van der Waals surface area (Å²) in [4.78, 5) is 13.8. The second kappa shape index (κ2) is 8.71. The average Bonchev–Trinajstić information content (AvgIpc) is 3.02. The molecule has 1 atom stereocenters. The summed E-state index contributed by atoms with van der Waals surface area (Å²) < 4.78 is 0. The van der Waals surface area contributed by atoms with Gasteiger partial charge in [-0.25, -0.2) is 0 Å². The van der Waals surface area contributed by atoms with Crippen molar-refractivity contribution in [2.75, 3.05) is 5.32 Å². The van der Waals surface area contributed by atoms with Gasteiger partial charge >= 0.3 is 0 Å². The lowest BCUT2D eigenvalue weighted by atomic mass is 9.72. The SMILES string of the molecule is CC(C)c1ccc(CCC(=O)Nc2sc3c(c2C#N)CC[C@H](C(C)(C)C)C3)cc1. The standard InChI is InChI=1S/C25H32N2OS/c1-16(2)18-9-6-17(7-10-18)8-13-23(28)27-24-21(15-26)20-12-11-19(25(3,4)5)14-22(20)29-24/h6-7,9-10,16,19H,8,11-14H2,1-5H3,(H,27,28)/t19-/m0/s1. The number of aryl methyl sites for hydroxylation is 1. The molecule has 2 aromatic rings. The zero-order valence-electron chi connectivity index (χ0n) is 18.3. The number of carbonyl (C=O) groups excluding carboxylic acids is 1. The van der Waals surface area contributed by atoms with Crippen molar-refractivity contribution in [2.24, 2.45) is 11.3 Å². The van der Waals surface area contributed by atoms with Gasteiger partial charge in [-0.3, -0.25) is 4.79 Å². The molecule has 0 fully saturated rings. The lowest BCUT2D eigenvalue weighted by Crippen LogP contribution is -2.26. The highest BCUT2D eigenvalue weighted by Gasteiger charge is 2.32. The predicted octanol–water partition coefficient (Wildman–Crippen LogP) is 6.47. The predicted molar refractivity (Wildman–Crippen MR) is 121 cm³/mol. The molecule has 0 spiro atoms. The number of fused-ring (bicyclic) bond motifs is 1. The fraction of sp³-hybridized carbons (Fsp3) is 0.520. The quantitative estimate of drug-likeness (QED) is 0.617. The van der Waals surface area contributed by atoms with Crippen molar-refractivity contribution in [3.63, 3.8) is 0 Å². The zero-order chi connectivity index (χ0) is 21.2. The van der Waals surface area contributed by atoms with E-state index < -0.39 is 0 Å². The topological polar surface area (TPSA) is 52.9 Å². The van der Waals surface area contributed by atoms with Crippen LogP contribution in [0.2, 0.25) is 0 Å². The largest absolute Gasteiger partial charge is 0.317 e. The molecule has 0 saturated carbocycles. The van der Waals surface area contributed by atoms with E-state index in [0.717, 1.165) is 29.8 Å². The van der Waals surface area contributed by atoms with Crippen molar-refractivity contribution in [1.29, 1.82) is 5.26 Å². The van der Waals surface area contributed by atoms with Gasteiger partial charge in [-0.15, -0.1) is 11.3 Å². The van der Waals surface area contributed by atoms with Crippen LogP contribution in [0.15, 0.2) is 24.3 Å². The maximum absolute atomic E-state index is 12.6. The van der Waals surface area contributed by atoms with E-state index in [1.165, 1.54) is 16.0 Å². The van der Waals surface area contributed by atoms with Crippen LogP contribution >= 0.6 is 11.3 Å². The highest BCUT2D eigenvalue weighted by molar-refractivity contribution is 7.16. The van der Waals surface area contributed by atoms with Crippen molar-refractivity contribution in [1.82, 2.24) is 0 Å². The lowest BCUT2D eigenvalue weighted by Gasteiger charge is -2.33. The Morgan fingerprint density at radius 1 is 1.28 bits per heavy atom. The van der Waals surface area contributed by atoms with Gasteiger partial charge in [-0.2, -0.15) is 5.26 Å². The Balaban J connectivity index is 1.65. The molecule has 0 bridgehead atoms. The lowest BCUT2D eigenvalue weighted by molar-refractivity contribution is -0.116. The van der Waals surface area contributed by atoms with Crippen molar-refractivity contribution in [2.45, 2.75) is 72.6 Å². The van der Waals surface area contributed by atoms with E-state index in [9.17, 15) is 10.1 Å². The smallest absolute Gasteiger partial charge is 0.225 e. The Morgan fingerprint density at radius 2 is 1.97 bits per heavy atom. The Hall–Kier alpha value is -2.12. The summed E-state index contributed by atoms with van der Waals surface area (Å²) >= 11 is 1.61. The molecule has 1 heterocycles. The minimum atomic E-state index is -0.0135. The van der Waals surface area contributed by atoms with Crippen LogP contribution in [-0.4, -0.2) is 5.91 Å². The van der Waals surface area contributed by atoms with Gasteiger partial charge in [0.25, 0.3) is 0 Å². The molecule has 1 aromatic heterocycles. The number of nitrogens with one attached hydrogen (secondary N) is 1. The number of anilines is 1. The highest BCUT2D eigenvalue weighted by Crippen LogP contribution is 2.44. The highest BCUT2D eigenvalue weighted by atomic mass is 32.1. The monoisotopic (exact) mass is 408 g/mol. The first kappa shape index (κ1) is 21.6. The second-order valence-electron chi connectivity index (χ2n) is 9.57. The van der Waals surface area contributed by atoms with Crippen molar-refractivity contribution >= 4 is 22.2 Å². The number of rotatable bonds is 5. The number of nitriles is 1. The van der Waals surface area contributed by atoms with Gasteiger partial charge in [-0.05, 0) is 59.6 Å². The van der Waals surface area contributed by atoms with E-state index in [1.54, 1.807) is 11.3 Å².